The Morgan fingerprint density at radius 1 is 0.411 bits per heavy atom. The van der Waals surface area contributed by atoms with Gasteiger partial charge in [0.15, 0.2) is 0 Å². The Hall–Kier alpha value is -7.03. The van der Waals surface area contributed by atoms with E-state index >= 15 is 0 Å². The van der Waals surface area contributed by atoms with Crippen molar-refractivity contribution in [1.29, 1.82) is 0 Å². The molecule has 0 bridgehead atoms. The van der Waals surface area contributed by atoms with Gasteiger partial charge in [-0.2, -0.15) is 5.10 Å². The molecular weight excluding hydrogens is 677 g/mol. The predicted molar refractivity (Wildman–Crippen MR) is 234 cm³/mol. The molecule has 10 aromatic rings. The number of benzene rings is 9. The van der Waals surface area contributed by atoms with E-state index in [9.17, 15) is 0 Å². The highest BCUT2D eigenvalue weighted by Gasteiger charge is 2.46. The van der Waals surface area contributed by atoms with E-state index in [1.165, 1.54) is 88.0 Å². The molecule has 0 radical (unpaired) electrons. The molecule has 2 nitrogen and oxygen atoms in total. The van der Waals surface area contributed by atoms with Crippen LogP contribution in [-0.2, 0) is 5.41 Å². The fourth-order valence-electron chi connectivity index (χ4n) is 9.86. The van der Waals surface area contributed by atoms with E-state index in [-0.39, 0.29) is 0 Å². The van der Waals surface area contributed by atoms with Crippen LogP contribution in [-0.4, -0.2) is 9.78 Å². The van der Waals surface area contributed by atoms with Crippen LogP contribution >= 0.6 is 0 Å². The molecule has 1 aliphatic rings. The van der Waals surface area contributed by atoms with E-state index in [2.05, 4.69) is 213 Å². The summed E-state index contributed by atoms with van der Waals surface area (Å²) >= 11 is 0. The lowest BCUT2D eigenvalue weighted by Gasteiger charge is -2.34. The van der Waals surface area contributed by atoms with E-state index in [0.717, 1.165) is 17.1 Å². The van der Waals surface area contributed by atoms with Gasteiger partial charge >= 0.3 is 0 Å². The molecule has 56 heavy (non-hydrogen) atoms. The smallest absolute Gasteiger partial charge is 0.0714 e. The van der Waals surface area contributed by atoms with Crippen molar-refractivity contribution in [2.45, 2.75) is 19.3 Å². The highest BCUT2D eigenvalue weighted by atomic mass is 15.3. The molecule has 264 valence electrons. The van der Waals surface area contributed by atoms with Gasteiger partial charge in [0.2, 0.25) is 0 Å². The normalized spacial score (nSPS) is 13.0. The molecule has 0 unspecified atom stereocenters. The van der Waals surface area contributed by atoms with Crippen LogP contribution in [0.2, 0.25) is 0 Å². The number of aromatic nitrogens is 2. The summed E-state index contributed by atoms with van der Waals surface area (Å²) in [7, 11) is 0. The van der Waals surface area contributed by atoms with Crippen LogP contribution in [0, 0.1) is 13.8 Å². The summed E-state index contributed by atoms with van der Waals surface area (Å²) in [6, 6.07) is 71.6. The highest BCUT2D eigenvalue weighted by molar-refractivity contribution is 6.22. The molecule has 1 heterocycles. The molecule has 1 aromatic heterocycles. The Kier molecular flexibility index (Phi) is 7.24. The Balaban J connectivity index is 1.23. The Bertz CT molecular complexity index is 3040. The zero-order chi connectivity index (χ0) is 37.4. The minimum atomic E-state index is -0.515. The number of nitrogens with zero attached hydrogens (tertiary/aromatic N) is 2. The summed E-state index contributed by atoms with van der Waals surface area (Å²) < 4.78 is 2.09. The van der Waals surface area contributed by atoms with Crippen molar-refractivity contribution in [2.75, 3.05) is 0 Å². The molecule has 0 aliphatic heterocycles. The SMILES string of the molecule is Cc1nn(-c2ccccc2)c(C)c1-c1c2ccccc2c(-c2ccc3c(c2)C(c2ccccc2)(c2ccccc2)c2cc4ccccc4cc2-3)c2ccccc12. The number of aryl methyl sites for hydroxylation is 1. The third-order valence-corrected chi connectivity index (χ3v) is 12.2. The van der Waals surface area contributed by atoms with Crippen LogP contribution in [0.1, 0.15) is 33.6 Å². The number of para-hydroxylation sites is 1. The summed E-state index contributed by atoms with van der Waals surface area (Å²) in [5.74, 6) is 0. The molecule has 0 spiro atoms. The Morgan fingerprint density at radius 3 is 1.48 bits per heavy atom. The lowest BCUT2D eigenvalue weighted by molar-refractivity contribution is 0.770. The van der Waals surface area contributed by atoms with Gasteiger partial charge in [-0.1, -0.05) is 164 Å². The Morgan fingerprint density at radius 2 is 0.893 bits per heavy atom. The summed E-state index contributed by atoms with van der Waals surface area (Å²) in [5.41, 5.74) is 15.4. The largest absolute Gasteiger partial charge is 0.237 e. The van der Waals surface area contributed by atoms with Gasteiger partial charge in [0.1, 0.15) is 0 Å². The van der Waals surface area contributed by atoms with Crippen molar-refractivity contribution < 1.29 is 0 Å². The van der Waals surface area contributed by atoms with Crippen LogP contribution in [0.25, 0.3) is 71.4 Å². The topological polar surface area (TPSA) is 17.8 Å². The predicted octanol–water partition coefficient (Wildman–Crippen LogP) is 13.6. The lowest BCUT2D eigenvalue weighted by Crippen LogP contribution is -2.28. The Labute approximate surface area is 327 Å². The van der Waals surface area contributed by atoms with Crippen LogP contribution < -0.4 is 0 Å². The quantitative estimate of drug-likeness (QED) is 0.162. The van der Waals surface area contributed by atoms with Gasteiger partial charge in [0, 0.05) is 16.8 Å². The first-order chi connectivity index (χ1) is 27.6. The van der Waals surface area contributed by atoms with E-state index in [0.29, 0.717) is 0 Å². The second kappa shape index (κ2) is 12.5. The van der Waals surface area contributed by atoms with Crippen LogP contribution in [0.3, 0.4) is 0 Å². The summed E-state index contributed by atoms with van der Waals surface area (Å²) in [4.78, 5) is 0. The number of hydrogen-bond acceptors (Lipinski definition) is 1. The van der Waals surface area contributed by atoms with Crippen molar-refractivity contribution in [1.82, 2.24) is 9.78 Å². The molecule has 9 aromatic carbocycles. The van der Waals surface area contributed by atoms with Gasteiger partial charge in [0.05, 0.1) is 16.8 Å². The van der Waals surface area contributed by atoms with Crippen LogP contribution in [0.4, 0.5) is 0 Å². The molecular formula is C54H38N2. The zero-order valence-electron chi connectivity index (χ0n) is 31.4. The van der Waals surface area contributed by atoms with Gasteiger partial charge < -0.3 is 0 Å². The standard InChI is InChI=1S/C54H38N2/c1-35-51(36(2)56(55-35)42-24-10-5-11-25-42)53-46-28-16-14-26-44(46)52(45-27-15-17-29-47(45)53)39-30-31-43-48-32-37-18-12-13-19-38(37)33-50(48)54(49(43)34-39,40-20-6-3-7-21-40)41-22-8-4-9-23-41/h3-34H,1-2H3. The van der Waals surface area contributed by atoms with Crippen molar-refractivity contribution in [3.05, 3.63) is 228 Å². The van der Waals surface area contributed by atoms with Gasteiger partial charge in [-0.3, -0.25) is 0 Å². The van der Waals surface area contributed by atoms with E-state index < -0.39 is 5.41 Å². The third kappa shape index (κ3) is 4.60. The summed E-state index contributed by atoms with van der Waals surface area (Å²) in [6.07, 6.45) is 0. The summed E-state index contributed by atoms with van der Waals surface area (Å²) in [6.45, 7) is 4.35. The average molecular weight is 715 g/mol. The molecule has 0 atom stereocenters. The second-order valence-electron chi connectivity index (χ2n) is 15.1. The molecule has 0 N–H and O–H groups in total. The van der Waals surface area contributed by atoms with Crippen molar-refractivity contribution in [3.63, 3.8) is 0 Å². The molecule has 0 fully saturated rings. The van der Waals surface area contributed by atoms with E-state index in [4.69, 9.17) is 5.10 Å². The first-order valence-electron chi connectivity index (χ1n) is 19.5. The van der Waals surface area contributed by atoms with Gasteiger partial charge in [-0.15, -0.1) is 0 Å². The maximum Gasteiger partial charge on any atom is 0.0714 e. The van der Waals surface area contributed by atoms with E-state index in [1.54, 1.807) is 0 Å². The number of rotatable bonds is 5. The molecule has 0 saturated carbocycles. The van der Waals surface area contributed by atoms with Gasteiger partial charge in [-0.05, 0) is 121 Å². The van der Waals surface area contributed by atoms with Gasteiger partial charge in [0.25, 0.3) is 0 Å². The van der Waals surface area contributed by atoms with Crippen LogP contribution in [0.15, 0.2) is 194 Å². The van der Waals surface area contributed by atoms with Crippen molar-refractivity contribution in [2.24, 2.45) is 0 Å². The first-order valence-corrected chi connectivity index (χ1v) is 19.5. The fraction of sp³-hybridized carbons (Fsp3) is 0.0556. The first kappa shape index (κ1) is 32.4. The minimum Gasteiger partial charge on any atom is -0.237 e. The van der Waals surface area contributed by atoms with Crippen molar-refractivity contribution >= 4 is 32.3 Å². The van der Waals surface area contributed by atoms with Gasteiger partial charge in [-0.25, -0.2) is 4.68 Å². The average Bonchev–Trinajstić information content (AvgIpc) is 3.71. The second-order valence-corrected chi connectivity index (χ2v) is 15.1. The monoisotopic (exact) mass is 714 g/mol. The molecule has 0 amide bonds. The number of hydrogen-bond donors (Lipinski definition) is 0. The fourth-order valence-corrected chi connectivity index (χ4v) is 9.86. The zero-order valence-corrected chi connectivity index (χ0v) is 31.4. The summed E-state index contributed by atoms with van der Waals surface area (Å²) in [5, 5.41) is 12.6. The number of fused-ring (bicyclic) bond motifs is 6. The molecule has 11 rings (SSSR count). The lowest BCUT2D eigenvalue weighted by atomic mass is 9.67. The third-order valence-electron chi connectivity index (χ3n) is 12.2. The minimum absolute atomic E-state index is 0.515. The van der Waals surface area contributed by atoms with Crippen LogP contribution in [0.5, 0.6) is 0 Å². The highest BCUT2D eigenvalue weighted by Crippen LogP contribution is 2.58. The molecule has 1 aliphatic carbocycles. The van der Waals surface area contributed by atoms with Crippen molar-refractivity contribution in [3.8, 4) is 39.1 Å². The maximum atomic E-state index is 5.12. The molecule has 0 saturated heterocycles. The van der Waals surface area contributed by atoms with E-state index in [1.807, 2.05) is 0 Å². The molecule has 2 heteroatoms. The maximum absolute atomic E-state index is 5.12.